The second-order valence-electron chi connectivity index (χ2n) is 22.6. The maximum Gasteiger partial charge on any atom is 0.0952 e. The summed E-state index contributed by atoms with van der Waals surface area (Å²) in [4.78, 5) is 0. The van der Waals surface area contributed by atoms with Gasteiger partial charge in [0, 0.05) is 94.1 Å². The van der Waals surface area contributed by atoms with Gasteiger partial charge in [-0.05, 0) is 165 Å². The number of nitrogens with one attached hydrogen (secondary N) is 4. The van der Waals surface area contributed by atoms with E-state index >= 15 is 0 Å². The van der Waals surface area contributed by atoms with Crippen LogP contribution in [0.4, 0.5) is 0 Å². The third kappa shape index (κ3) is 14.6. The van der Waals surface area contributed by atoms with E-state index in [2.05, 4.69) is 244 Å². The highest BCUT2D eigenvalue weighted by Crippen LogP contribution is 2.22. The summed E-state index contributed by atoms with van der Waals surface area (Å²) in [6, 6.07) is 50.0. The zero-order valence-electron chi connectivity index (χ0n) is 53.5. The summed E-state index contributed by atoms with van der Waals surface area (Å²) in [5, 5.41) is 54.9. The van der Waals surface area contributed by atoms with E-state index in [4.69, 9.17) is 0 Å². The average molecular weight is 1170 g/mol. The summed E-state index contributed by atoms with van der Waals surface area (Å²) < 4.78 is 7.57. The van der Waals surface area contributed by atoms with Crippen LogP contribution in [0.5, 0.6) is 0 Å². The van der Waals surface area contributed by atoms with E-state index in [1.165, 1.54) is 110 Å². The van der Waals surface area contributed by atoms with Gasteiger partial charge >= 0.3 is 0 Å². The topological polar surface area (TPSA) is 186 Å². The Hall–Kier alpha value is -10.5. The first-order valence-electron chi connectivity index (χ1n) is 29.4. The number of H-pyrrole nitrogens is 4. The van der Waals surface area contributed by atoms with Crippen molar-refractivity contribution in [3.05, 3.63) is 238 Å². The van der Waals surface area contributed by atoms with Gasteiger partial charge in [-0.3, -0.25) is 39.1 Å². The Morgan fingerprint density at radius 3 is 1.57 bits per heavy atom. The largest absolute Gasteiger partial charge is 0.282 e. The van der Waals surface area contributed by atoms with Gasteiger partial charge in [-0.15, -0.1) is 0 Å². The van der Waals surface area contributed by atoms with Gasteiger partial charge in [0.15, 0.2) is 0 Å². The van der Waals surface area contributed by atoms with Crippen molar-refractivity contribution >= 4 is 87.2 Å². The fourth-order valence-corrected chi connectivity index (χ4v) is 10.5. The second-order valence-corrected chi connectivity index (χ2v) is 22.6. The zero-order valence-corrected chi connectivity index (χ0v) is 53.5. The molecular weight excluding hydrogens is 1090 g/mol. The van der Waals surface area contributed by atoms with Gasteiger partial charge in [0.25, 0.3) is 0 Å². The van der Waals surface area contributed by atoms with Crippen molar-refractivity contribution in [2.24, 2.45) is 28.2 Å². The molecule has 88 heavy (non-hydrogen) atoms. The first-order chi connectivity index (χ1) is 42.2. The van der Waals surface area contributed by atoms with E-state index in [0.717, 1.165) is 44.8 Å². The molecule has 16 rings (SSSR count). The molecule has 448 valence electrons. The SMILES string of the molecule is Cc1[nH]nc2c(C)cccc12.Cc1ccc2c(C)[nH]nc2c1.Cc1ccc2c(cnn2C)c1.Cc1ccc2cnn(C)c2c1.Cc1ccc2n[nH]c(C)c2c1.Cc1cccc2c1cnn2C.Cc1cccc2cnn(C)c12.Cc1cccc2n[nH]c(C)c12. The van der Waals surface area contributed by atoms with Crippen LogP contribution in [0.2, 0.25) is 0 Å². The number of hydrogen-bond acceptors (Lipinski definition) is 8. The lowest BCUT2D eigenvalue weighted by molar-refractivity contribution is 0.794. The number of para-hydroxylation sites is 2. The molecule has 4 N–H and O–H groups in total. The lowest BCUT2D eigenvalue weighted by atomic mass is 10.1. The summed E-state index contributed by atoms with van der Waals surface area (Å²) >= 11 is 0. The van der Waals surface area contributed by atoms with Gasteiger partial charge in [0.1, 0.15) is 0 Å². The minimum Gasteiger partial charge on any atom is -0.282 e. The van der Waals surface area contributed by atoms with Crippen LogP contribution >= 0.6 is 0 Å². The smallest absolute Gasteiger partial charge is 0.0952 e. The van der Waals surface area contributed by atoms with Crippen molar-refractivity contribution in [2.45, 2.75) is 83.1 Å². The van der Waals surface area contributed by atoms with Crippen molar-refractivity contribution in [1.29, 1.82) is 0 Å². The van der Waals surface area contributed by atoms with Crippen LogP contribution in [0.1, 0.15) is 67.3 Å². The molecule has 0 spiro atoms. The first-order valence-corrected chi connectivity index (χ1v) is 29.4. The van der Waals surface area contributed by atoms with Crippen molar-refractivity contribution in [2.75, 3.05) is 0 Å². The Bertz CT molecular complexity index is 4650. The highest BCUT2D eigenvalue weighted by Gasteiger charge is 2.06. The molecule has 8 aromatic heterocycles. The Labute approximate surface area is 513 Å². The standard InChI is InChI=1S/8C9H10N2/c1-7-3-4-9-8(5-7)6-10-11(9)2;1-7-3-4-8-6-10-11(2)9(8)5-7;1-6-3-4-9-8(5-6)7(2)10-11-9;1-6-3-4-8-7(2)10-11-9(8)5-6;1-7-4-3-5-9-8(7)6-10-11(9)2;1-7-4-3-5-8-6-10-11(2)9(7)8;1-6-4-3-5-8-9(6)7(2)10-11-8;1-6-4-3-5-8-7(2)10-11-9(6)8/h2*3-6H,1-2H3;2*3-5H,1-2H3,(H,10,11);2*3-6H,1-2H3;2*3-5H,1-2H3,(H,10,11). The fourth-order valence-electron chi connectivity index (χ4n) is 10.5. The molecule has 0 unspecified atom stereocenters. The van der Waals surface area contributed by atoms with Crippen LogP contribution in [0.3, 0.4) is 0 Å². The molecule has 16 aromatic rings. The highest BCUT2D eigenvalue weighted by atomic mass is 15.3. The second kappa shape index (κ2) is 27.7. The van der Waals surface area contributed by atoms with Crippen molar-refractivity contribution in [3.8, 4) is 0 Å². The van der Waals surface area contributed by atoms with Gasteiger partial charge in [-0.25, -0.2) is 0 Å². The van der Waals surface area contributed by atoms with Crippen molar-refractivity contribution < 1.29 is 0 Å². The molecular formula is C72H80N16. The van der Waals surface area contributed by atoms with Gasteiger partial charge in [-0.1, -0.05) is 108 Å². The van der Waals surface area contributed by atoms with Crippen LogP contribution in [-0.2, 0) is 28.2 Å². The molecule has 8 heterocycles. The molecule has 16 heteroatoms. The zero-order chi connectivity index (χ0) is 62.8. The van der Waals surface area contributed by atoms with E-state index in [0.29, 0.717) is 0 Å². The molecule has 0 saturated heterocycles. The quantitative estimate of drug-likeness (QED) is 0.115. The maximum atomic E-state index is 4.19. The van der Waals surface area contributed by atoms with Crippen molar-refractivity contribution in [1.82, 2.24) is 79.9 Å². The van der Waals surface area contributed by atoms with Crippen LogP contribution in [-0.4, -0.2) is 79.9 Å². The summed E-state index contributed by atoms with van der Waals surface area (Å²) in [5.41, 5.74) is 23.8. The molecule has 0 radical (unpaired) electrons. The van der Waals surface area contributed by atoms with E-state index in [-0.39, 0.29) is 0 Å². The minimum atomic E-state index is 1.05. The number of rotatable bonds is 0. The van der Waals surface area contributed by atoms with Crippen LogP contribution in [0.25, 0.3) is 87.2 Å². The van der Waals surface area contributed by atoms with E-state index in [1.807, 2.05) is 118 Å². The number of hydrogen-bond donors (Lipinski definition) is 4. The number of nitrogens with zero attached hydrogens (tertiary/aromatic N) is 12. The Morgan fingerprint density at radius 1 is 0.295 bits per heavy atom. The van der Waals surface area contributed by atoms with Gasteiger partial charge in [0.05, 0.1) is 68.9 Å². The molecule has 0 bridgehead atoms. The van der Waals surface area contributed by atoms with E-state index in [1.54, 1.807) is 0 Å². The summed E-state index contributed by atoms with van der Waals surface area (Å²) in [6.07, 6.45) is 7.57. The Morgan fingerprint density at radius 2 is 0.818 bits per heavy atom. The molecule has 0 aliphatic carbocycles. The molecule has 0 atom stereocenters. The van der Waals surface area contributed by atoms with Crippen LogP contribution in [0.15, 0.2) is 170 Å². The Balaban J connectivity index is 0.000000120. The third-order valence-corrected chi connectivity index (χ3v) is 15.5. The number of fused-ring (bicyclic) bond motifs is 8. The van der Waals surface area contributed by atoms with Gasteiger partial charge in [-0.2, -0.15) is 40.8 Å². The predicted molar refractivity (Wildman–Crippen MR) is 364 cm³/mol. The van der Waals surface area contributed by atoms with Crippen LogP contribution < -0.4 is 0 Å². The number of aromatic amines is 4. The average Bonchev–Trinajstić information content (AvgIpc) is 4.61. The lowest BCUT2D eigenvalue weighted by Gasteiger charge is -1.97. The predicted octanol–water partition coefficient (Wildman–Crippen LogP) is 16.2. The number of aryl methyl sites for hydroxylation is 16. The molecule has 0 amide bonds. The summed E-state index contributed by atoms with van der Waals surface area (Å²) in [6.45, 7) is 24.9. The van der Waals surface area contributed by atoms with E-state index < -0.39 is 0 Å². The summed E-state index contributed by atoms with van der Waals surface area (Å²) in [5.74, 6) is 0. The van der Waals surface area contributed by atoms with Gasteiger partial charge in [0.2, 0.25) is 0 Å². The van der Waals surface area contributed by atoms with Gasteiger partial charge < -0.3 is 0 Å². The fraction of sp³-hybridized carbons (Fsp3) is 0.222. The van der Waals surface area contributed by atoms with Crippen molar-refractivity contribution in [3.63, 3.8) is 0 Å². The molecule has 16 nitrogen and oxygen atoms in total. The number of aromatic nitrogens is 16. The molecule has 0 aliphatic heterocycles. The normalized spacial score (nSPS) is 10.7. The maximum absolute atomic E-state index is 4.19. The molecule has 0 fully saturated rings. The summed E-state index contributed by atoms with van der Waals surface area (Å²) in [7, 11) is 7.84. The molecule has 8 aromatic carbocycles. The number of benzene rings is 8. The van der Waals surface area contributed by atoms with Crippen LogP contribution in [0, 0.1) is 83.1 Å². The van der Waals surface area contributed by atoms with E-state index in [9.17, 15) is 0 Å². The molecule has 0 saturated carbocycles. The third-order valence-electron chi connectivity index (χ3n) is 15.5. The monoisotopic (exact) mass is 1170 g/mol. The minimum absolute atomic E-state index is 1.05. The molecule has 0 aliphatic rings. The highest BCUT2D eigenvalue weighted by molar-refractivity contribution is 5.87. The first kappa shape index (κ1) is 62.1. The lowest BCUT2D eigenvalue weighted by Crippen LogP contribution is -1.90. The Kier molecular flexibility index (Phi) is 19.5.